The van der Waals surface area contributed by atoms with Crippen LogP contribution in [0, 0.1) is 5.92 Å². The maximum Gasteiger partial charge on any atom is 0.272 e. The van der Waals surface area contributed by atoms with Gasteiger partial charge in [0.2, 0.25) is 0 Å². The fourth-order valence-electron chi connectivity index (χ4n) is 4.62. The van der Waals surface area contributed by atoms with Crippen molar-refractivity contribution in [2.45, 2.75) is 50.4 Å². The number of hydrogen-bond acceptors (Lipinski definition) is 2. The first-order valence-corrected chi connectivity index (χ1v) is 9.61. The minimum Gasteiger partial charge on any atom is -0.488 e. The van der Waals surface area contributed by atoms with Gasteiger partial charge in [0.05, 0.1) is 6.54 Å². The predicted molar refractivity (Wildman–Crippen MR) is 98.7 cm³/mol. The summed E-state index contributed by atoms with van der Waals surface area (Å²) >= 11 is 0. The Bertz CT molecular complexity index is 664. The van der Waals surface area contributed by atoms with Crippen LogP contribution in [0.4, 0.5) is 17.6 Å². The van der Waals surface area contributed by atoms with Crippen molar-refractivity contribution >= 4 is 6.08 Å². The lowest BCUT2D eigenvalue weighted by atomic mass is 9.58. The second-order valence-electron chi connectivity index (χ2n) is 7.72. The van der Waals surface area contributed by atoms with Crippen LogP contribution in [-0.4, -0.2) is 44.5 Å². The zero-order valence-electron chi connectivity index (χ0n) is 15.6. The number of benzene rings is 1. The van der Waals surface area contributed by atoms with Crippen LogP contribution in [0.2, 0.25) is 0 Å². The number of allylic oxidation sites excluding steroid dienone is 1. The minimum absolute atomic E-state index is 0.136. The molecule has 0 aromatic heterocycles. The van der Waals surface area contributed by atoms with E-state index < -0.39 is 19.5 Å². The zero-order valence-corrected chi connectivity index (χ0v) is 15.6. The molecule has 27 heavy (non-hydrogen) atoms. The first-order chi connectivity index (χ1) is 12.9. The Morgan fingerprint density at radius 3 is 2.74 bits per heavy atom. The third kappa shape index (κ3) is 4.65. The predicted octanol–water partition coefficient (Wildman–Crippen LogP) is 5.37. The molecular formula is C21H27F4NO. The summed E-state index contributed by atoms with van der Waals surface area (Å²) < 4.78 is 55.7. The molecule has 3 rings (SSSR count). The van der Waals surface area contributed by atoms with Gasteiger partial charge in [0.15, 0.2) is 0 Å². The molecule has 0 N–H and O–H groups in total. The van der Waals surface area contributed by atoms with E-state index in [1.165, 1.54) is 0 Å². The molecule has 2 aliphatic carbocycles. The highest BCUT2D eigenvalue weighted by Crippen LogP contribution is 2.51. The molecule has 0 amide bonds. The van der Waals surface area contributed by atoms with Gasteiger partial charge in [0.25, 0.3) is 12.9 Å². The van der Waals surface area contributed by atoms with Crippen LogP contribution in [-0.2, 0) is 5.41 Å². The zero-order chi connectivity index (χ0) is 19.4. The smallest absolute Gasteiger partial charge is 0.272 e. The number of fused-ring (bicyclic) bond motifs is 3. The highest BCUT2D eigenvalue weighted by Gasteiger charge is 2.43. The van der Waals surface area contributed by atoms with Gasteiger partial charge in [-0.2, -0.15) is 0 Å². The van der Waals surface area contributed by atoms with Crippen molar-refractivity contribution in [1.82, 2.24) is 4.90 Å². The summed E-state index contributed by atoms with van der Waals surface area (Å²) in [7, 11) is 1.72. The number of rotatable bonds is 8. The van der Waals surface area contributed by atoms with E-state index in [9.17, 15) is 17.6 Å². The third-order valence-corrected chi connectivity index (χ3v) is 5.93. The number of ether oxygens (including phenoxy) is 1. The van der Waals surface area contributed by atoms with Crippen molar-refractivity contribution in [3.05, 3.63) is 35.4 Å². The van der Waals surface area contributed by atoms with Crippen LogP contribution in [0.25, 0.3) is 6.08 Å². The molecule has 0 heterocycles. The monoisotopic (exact) mass is 385 g/mol. The Morgan fingerprint density at radius 2 is 2.00 bits per heavy atom. The summed E-state index contributed by atoms with van der Waals surface area (Å²) in [5.74, 6) is 0.804. The van der Waals surface area contributed by atoms with E-state index in [1.807, 2.05) is 12.1 Å². The fourth-order valence-corrected chi connectivity index (χ4v) is 4.62. The highest BCUT2D eigenvalue weighted by atomic mass is 19.3. The van der Waals surface area contributed by atoms with Crippen molar-refractivity contribution < 1.29 is 22.3 Å². The molecule has 0 radical (unpaired) electrons. The number of halogens is 4. The van der Waals surface area contributed by atoms with Crippen molar-refractivity contribution in [3.8, 4) is 5.75 Å². The molecular weight excluding hydrogens is 358 g/mol. The first-order valence-electron chi connectivity index (χ1n) is 9.61. The van der Waals surface area contributed by atoms with Crippen LogP contribution in [0.1, 0.15) is 43.2 Å². The molecule has 1 fully saturated rings. The van der Waals surface area contributed by atoms with Gasteiger partial charge >= 0.3 is 0 Å². The molecule has 2 aliphatic rings. The first kappa shape index (κ1) is 20.2. The number of nitrogens with zero attached hydrogens (tertiary/aromatic N) is 1. The normalized spacial score (nSPS) is 24.4. The summed E-state index contributed by atoms with van der Waals surface area (Å²) in [6.07, 6.45) is 4.55. The molecule has 0 unspecified atom stereocenters. The maximum atomic E-state index is 12.7. The van der Waals surface area contributed by atoms with Crippen molar-refractivity contribution in [3.63, 3.8) is 0 Å². The molecule has 1 aromatic carbocycles. The molecule has 2 atom stereocenters. The lowest BCUT2D eigenvalue weighted by Gasteiger charge is -2.47. The van der Waals surface area contributed by atoms with Crippen LogP contribution < -0.4 is 4.74 Å². The van der Waals surface area contributed by atoms with Gasteiger partial charge < -0.3 is 9.64 Å². The molecule has 1 aromatic rings. The van der Waals surface area contributed by atoms with E-state index in [-0.39, 0.29) is 12.0 Å². The molecule has 0 saturated heterocycles. The molecule has 1 saturated carbocycles. The minimum atomic E-state index is -2.51. The average molecular weight is 385 g/mol. The van der Waals surface area contributed by atoms with Gasteiger partial charge in [0, 0.05) is 5.41 Å². The van der Waals surface area contributed by atoms with E-state index in [0.717, 1.165) is 43.2 Å². The van der Waals surface area contributed by atoms with Crippen LogP contribution in [0.5, 0.6) is 5.75 Å². The third-order valence-electron chi connectivity index (χ3n) is 5.93. The van der Waals surface area contributed by atoms with Crippen molar-refractivity contribution in [2.75, 3.05) is 26.7 Å². The fraction of sp³-hybridized carbons (Fsp3) is 0.619. The second kappa shape index (κ2) is 8.63. The summed E-state index contributed by atoms with van der Waals surface area (Å²) in [6, 6.07) is 5.54. The topological polar surface area (TPSA) is 12.5 Å². The quantitative estimate of drug-likeness (QED) is 0.558. The standard InChI is InChI=1S/C21H27F4NO/c1-26(13-19(22)23)11-10-21-9-3-2-4-16(21)7-5-15-6-8-17(12-18(15)21)27-14-20(24)25/h5-8,12,16,19-20H,2-4,9-11,13-14H2,1H3/t16-,21+/m1/s1. The SMILES string of the molecule is CN(CC[C@@]12CCCC[C@@H]1C=Cc1ccc(OCC(F)F)cc12)CC(F)F. The van der Waals surface area contributed by atoms with E-state index in [0.29, 0.717) is 18.2 Å². The number of hydrogen-bond donors (Lipinski definition) is 0. The van der Waals surface area contributed by atoms with E-state index >= 15 is 0 Å². The van der Waals surface area contributed by atoms with Gasteiger partial charge in [-0.3, -0.25) is 0 Å². The van der Waals surface area contributed by atoms with Gasteiger partial charge in [0.1, 0.15) is 12.4 Å². The van der Waals surface area contributed by atoms with Crippen molar-refractivity contribution in [1.29, 1.82) is 0 Å². The second-order valence-corrected chi connectivity index (χ2v) is 7.72. The van der Waals surface area contributed by atoms with E-state index in [2.05, 4.69) is 12.2 Å². The Balaban J connectivity index is 1.87. The van der Waals surface area contributed by atoms with Gasteiger partial charge in [-0.05, 0) is 62.0 Å². The van der Waals surface area contributed by atoms with Crippen LogP contribution in [0.15, 0.2) is 24.3 Å². The Hall–Kier alpha value is -1.56. The molecule has 150 valence electrons. The molecule has 2 nitrogen and oxygen atoms in total. The largest absolute Gasteiger partial charge is 0.488 e. The summed E-state index contributed by atoms with van der Waals surface area (Å²) in [6.45, 7) is -0.278. The van der Waals surface area contributed by atoms with Crippen molar-refractivity contribution in [2.24, 2.45) is 5.92 Å². The summed E-state index contributed by atoms with van der Waals surface area (Å²) in [5.41, 5.74) is 2.06. The van der Waals surface area contributed by atoms with Crippen LogP contribution in [0.3, 0.4) is 0 Å². The summed E-state index contributed by atoms with van der Waals surface area (Å²) in [4.78, 5) is 1.68. The highest BCUT2D eigenvalue weighted by molar-refractivity contribution is 5.62. The van der Waals surface area contributed by atoms with Gasteiger partial charge in [-0.15, -0.1) is 0 Å². The Morgan fingerprint density at radius 1 is 1.19 bits per heavy atom. The lowest BCUT2D eigenvalue weighted by molar-refractivity contribution is 0.0813. The van der Waals surface area contributed by atoms with E-state index in [1.54, 1.807) is 18.0 Å². The maximum absolute atomic E-state index is 12.7. The summed E-state index contributed by atoms with van der Waals surface area (Å²) in [5, 5.41) is 0. The molecule has 0 spiro atoms. The number of alkyl halides is 4. The molecule has 0 bridgehead atoms. The Kier molecular flexibility index (Phi) is 6.45. The van der Waals surface area contributed by atoms with Gasteiger partial charge in [-0.25, -0.2) is 17.6 Å². The van der Waals surface area contributed by atoms with Gasteiger partial charge in [-0.1, -0.05) is 31.1 Å². The van der Waals surface area contributed by atoms with E-state index in [4.69, 9.17) is 4.74 Å². The lowest BCUT2D eigenvalue weighted by Crippen LogP contribution is -2.42. The Labute approximate surface area is 158 Å². The average Bonchev–Trinajstić information content (AvgIpc) is 2.64. The van der Waals surface area contributed by atoms with Crippen LogP contribution >= 0.6 is 0 Å². The molecule has 0 aliphatic heterocycles. The molecule has 6 heteroatoms.